The second-order valence-corrected chi connectivity index (χ2v) is 11.7. The molecule has 208 valence electrons. The Morgan fingerprint density at radius 3 is 2.45 bits per heavy atom. The molecule has 1 fully saturated rings. The molecule has 1 aliphatic rings. The fourth-order valence-corrected chi connectivity index (χ4v) is 5.32. The van der Waals surface area contributed by atoms with Crippen LogP contribution in [0.25, 0.3) is 17.0 Å². The number of nitrogens with one attached hydrogen (secondary N) is 1. The molecular formula is C25H35ClN6O5S. The van der Waals surface area contributed by atoms with Gasteiger partial charge in [0.15, 0.2) is 11.6 Å². The number of Topliss-reactive ketones (excluding diaryl/α,β-unsaturated/α-hetero) is 1. The maximum absolute atomic E-state index is 12.6. The first kappa shape index (κ1) is 29.8. The van der Waals surface area contributed by atoms with Gasteiger partial charge in [-0.2, -0.15) is 4.31 Å². The number of nitrogens with two attached hydrogens (primary N) is 1. The fraction of sp³-hybridized carbons (Fsp3) is 0.480. The highest BCUT2D eigenvalue weighted by atomic mass is 35.5. The highest BCUT2D eigenvalue weighted by molar-refractivity contribution is 7.88. The molecular weight excluding hydrogens is 532 g/mol. The minimum atomic E-state index is -3.31. The molecule has 1 aromatic carbocycles. The summed E-state index contributed by atoms with van der Waals surface area (Å²) in [5.41, 5.74) is 8.21. The average molecular weight is 567 g/mol. The lowest BCUT2D eigenvalue weighted by Gasteiger charge is -2.35. The zero-order valence-electron chi connectivity index (χ0n) is 22.3. The molecule has 11 nitrogen and oxygen atoms in total. The van der Waals surface area contributed by atoms with Crippen LogP contribution in [0.4, 0.5) is 5.82 Å². The lowest BCUT2D eigenvalue weighted by Crippen LogP contribution is -2.48. The molecule has 2 aromatic rings. The number of aliphatic hydroxyl groups is 1. The van der Waals surface area contributed by atoms with E-state index in [1.54, 1.807) is 32.2 Å². The summed E-state index contributed by atoms with van der Waals surface area (Å²) >= 11 is 6.56. The van der Waals surface area contributed by atoms with Crippen LogP contribution in [0.1, 0.15) is 25.1 Å². The van der Waals surface area contributed by atoms with E-state index in [2.05, 4.69) is 5.32 Å². The van der Waals surface area contributed by atoms with E-state index in [4.69, 9.17) is 32.0 Å². The molecule has 1 saturated heterocycles. The summed E-state index contributed by atoms with van der Waals surface area (Å²) in [6.45, 7) is 6.74. The Balaban J connectivity index is 2.11. The highest BCUT2D eigenvalue weighted by Crippen LogP contribution is 2.34. The van der Waals surface area contributed by atoms with Crippen LogP contribution in [0.3, 0.4) is 0 Å². The maximum Gasteiger partial charge on any atom is 0.211 e. The van der Waals surface area contributed by atoms with Gasteiger partial charge in [-0.25, -0.2) is 18.4 Å². The van der Waals surface area contributed by atoms with E-state index in [-0.39, 0.29) is 23.8 Å². The molecule has 3 rings (SSSR count). The Kier molecular flexibility index (Phi) is 9.71. The van der Waals surface area contributed by atoms with Crippen molar-refractivity contribution in [1.82, 2.24) is 19.6 Å². The van der Waals surface area contributed by atoms with Gasteiger partial charge in [-0.05, 0) is 46.0 Å². The van der Waals surface area contributed by atoms with E-state index in [0.29, 0.717) is 71.8 Å². The summed E-state index contributed by atoms with van der Waals surface area (Å²) in [5, 5.41) is 13.3. The number of carbonyl (C=O) groups is 1. The van der Waals surface area contributed by atoms with Gasteiger partial charge in [-0.15, -0.1) is 0 Å². The van der Waals surface area contributed by atoms with E-state index in [0.717, 1.165) is 0 Å². The molecule has 0 spiro atoms. The summed E-state index contributed by atoms with van der Waals surface area (Å²) < 4.78 is 31.2. The number of piperazine rings is 1. The standard InChI is InChI=1S/C25H35ClN6O5S/c1-15-23(22(16(2)27)17(3)33)29-24(30-25(15)31-8-10-32(11-9-31)38(5,35)36)20-12-19(6-7-21(20)26)37-14-18(34)13-28-4/h6-7,12,18,28,34H,8-11,13-14,27H2,1-5H3/t18-/m1/s1. The molecule has 2 heterocycles. The van der Waals surface area contributed by atoms with Crippen LogP contribution in [0.5, 0.6) is 5.75 Å². The van der Waals surface area contributed by atoms with Crippen molar-refractivity contribution in [3.05, 3.63) is 40.2 Å². The Hall–Kier alpha value is -2.77. The SMILES string of the molecule is CNC[C@@H](O)COc1ccc(Cl)c(-c2nc(C(C(C)=O)=C(C)N)c(C)c(N3CCN(S(C)(=O)=O)CC3)n2)c1. The second-order valence-electron chi connectivity index (χ2n) is 9.27. The van der Waals surface area contributed by atoms with Gasteiger partial charge in [-0.1, -0.05) is 11.6 Å². The second kappa shape index (κ2) is 12.4. The van der Waals surface area contributed by atoms with Crippen LogP contribution in [0.15, 0.2) is 23.9 Å². The molecule has 38 heavy (non-hydrogen) atoms. The van der Waals surface area contributed by atoms with Gasteiger partial charge in [-0.3, -0.25) is 4.79 Å². The van der Waals surface area contributed by atoms with Gasteiger partial charge in [0.05, 0.1) is 22.5 Å². The van der Waals surface area contributed by atoms with Gasteiger partial charge < -0.3 is 25.8 Å². The minimum absolute atomic E-state index is 0.0708. The largest absolute Gasteiger partial charge is 0.491 e. The zero-order chi connectivity index (χ0) is 28.2. The number of benzene rings is 1. The Bertz CT molecular complexity index is 1320. The number of carbonyl (C=O) groups excluding carboxylic acids is 1. The summed E-state index contributed by atoms with van der Waals surface area (Å²) in [5.74, 6) is 1.04. The number of sulfonamides is 1. The molecule has 1 atom stereocenters. The molecule has 4 N–H and O–H groups in total. The number of ketones is 1. The van der Waals surface area contributed by atoms with E-state index in [1.807, 2.05) is 11.8 Å². The fourth-order valence-electron chi connectivity index (χ4n) is 4.29. The maximum atomic E-state index is 12.6. The zero-order valence-corrected chi connectivity index (χ0v) is 23.9. The molecule has 0 saturated carbocycles. The monoisotopic (exact) mass is 566 g/mol. The number of likely N-dealkylation sites (N-methyl/N-ethyl adjacent to an activating group) is 1. The molecule has 1 aromatic heterocycles. The average Bonchev–Trinajstić information content (AvgIpc) is 2.84. The first-order valence-electron chi connectivity index (χ1n) is 12.1. The van der Waals surface area contributed by atoms with Gasteiger partial charge in [0.1, 0.15) is 24.3 Å². The normalized spacial score (nSPS) is 16.2. The van der Waals surface area contributed by atoms with Crippen LogP contribution in [-0.2, 0) is 14.8 Å². The van der Waals surface area contributed by atoms with Crippen molar-refractivity contribution in [3.8, 4) is 17.1 Å². The Labute approximate surface area is 228 Å². The van der Waals surface area contributed by atoms with Gasteiger partial charge in [0.25, 0.3) is 0 Å². The number of nitrogens with zero attached hydrogens (tertiary/aromatic N) is 4. The topological polar surface area (TPSA) is 151 Å². The summed E-state index contributed by atoms with van der Waals surface area (Å²) in [7, 11) is -1.57. The van der Waals surface area contributed by atoms with E-state index in [9.17, 15) is 18.3 Å². The van der Waals surface area contributed by atoms with Crippen LogP contribution in [-0.4, -0.2) is 92.3 Å². The predicted octanol–water partition coefficient (Wildman–Crippen LogP) is 1.42. The molecule has 1 aliphatic heterocycles. The number of allylic oxidation sites excluding steroid dienone is 2. The third kappa shape index (κ3) is 7.00. The smallest absolute Gasteiger partial charge is 0.211 e. The first-order valence-corrected chi connectivity index (χ1v) is 14.4. The molecule has 0 radical (unpaired) electrons. The van der Waals surface area contributed by atoms with Crippen molar-refractivity contribution in [1.29, 1.82) is 0 Å². The third-order valence-corrected chi connectivity index (χ3v) is 7.80. The van der Waals surface area contributed by atoms with Gasteiger partial charge >= 0.3 is 0 Å². The molecule has 0 unspecified atom stereocenters. The lowest BCUT2D eigenvalue weighted by molar-refractivity contribution is -0.111. The number of anilines is 1. The van der Waals surface area contributed by atoms with Crippen molar-refractivity contribution < 1.29 is 23.1 Å². The lowest BCUT2D eigenvalue weighted by atomic mass is 10.0. The summed E-state index contributed by atoms with van der Waals surface area (Å²) in [6.07, 6.45) is 0.492. The van der Waals surface area contributed by atoms with Crippen LogP contribution >= 0.6 is 11.6 Å². The van der Waals surface area contributed by atoms with Crippen molar-refractivity contribution in [2.75, 3.05) is 57.5 Å². The van der Waals surface area contributed by atoms with Crippen LogP contribution in [0, 0.1) is 6.92 Å². The van der Waals surface area contributed by atoms with Crippen LogP contribution < -0.4 is 20.7 Å². The molecule has 0 aliphatic carbocycles. The molecule has 13 heteroatoms. The number of ether oxygens (including phenoxy) is 1. The van der Waals surface area contributed by atoms with E-state index in [1.165, 1.54) is 17.5 Å². The van der Waals surface area contributed by atoms with Crippen molar-refractivity contribution in [2.24, 2.45) is 5.73 Å². The third-order valence-electron chi connectivity index (χ3n) is 6.17. The van der Waals surface area contributed by atoms with Crippen molar-refractivity contribution in [3.63, 3.8) is 0 Å². The van der Waals surface area contributed by atoms with Crippen molar-refractivity contribution >= 4 is 38.8 Å². The Morgan fingerprint density at radius 2 is 1.89 bits per heavy atom. The number of halogens is 1. The highest BCUT2D eigenvalue weighted by Gasteiger charge is 2.28. The van der Waals surface area contributed by atoms with E-state index >= 15 is 0 Å². The van der Waals surface area contributed by atoms with E-state index < -0.39 is 16.1 Å². The quantitative estimate of drug-likeness (QED) is 0.360. The molecule has 0 amide bonds. The predicted molar refractivity (Wildman–Crippen MR) is 149 cm³/mol. The number of rotatable bonds is 10. The van der Waals surface area contributed by atoms with Gasteiger partial charge in [0.2, 0.25) is 10.0 Å². The first-order chi connectivity index (χ1) is 17.8. The van der Waals surface area contributed by atoms with Gasteiger partial charge in [0, 0.05) is 49.5 Å². The Morgan fingerprint density at radius 1 is 1.24 bits per heavy atom. The van der Waals surface area contributed by atoms with Crippen LogP contribution in [0.2, 0.25) is 5.02 Å². The minimum Gasteiger partial charge on any atom is -0.491 e. The number of hydrogen-bond donors (Lipinski definition) is 3. The summed E-state index contributed by atoms with van der Waals surface area (Å²) in [4.78, 5) is 24.1. The number of aromatic nitrogens is 2. The number of hydrogen-bond acceptors (Lipinski definition) is 10. The summed E-state index contributed by atoms with van der Waals surface area (Å²) in [6, 6.07) is 5.02. The number of aliphatic hydroxyl groups excluding tert-OH is 1. The van der Waals surface area contributed by atoms with Crippen molar-refractivity contribution in [2.45, 2.75) is 26.9 Å². The molecule has 0 bridgehead atoms.